The second-order valence-electron chi connectivity index (χ2n) is 12.4. The van der Waals surface area contributed by atoms with Crippen LogP contribution in [0.25, 0.3) is 0 Å². The Morgan fingerprint density at radius 2 is 1.62 bits per heavy atom. The molecule has 45 heavy (non-hydrogen) atoms. The van der Waals surface area contributed by atoms with Crippen LogP contribution in [0, 0.1) is 5.41 Å². The van der Waals surface area contributed by atoms with Gasteiger partial charge in [-0.1, -0.05) is 51.7 Å². The Bertz CT molecular complexity index is 1370. The summed E-state index contributed by atoms with van der Waals surface area (Å²) >= 11 is 0. The monoisotopic (exact) mass is 619 g/mol. The van der Waals surface area contributed by atoms with E-state index in [1.807, 2.05) is 57.4 Å². The van der Waals surface area contributed by atoms with E-state index in [1.54, 1.807) is 6.07 Å². The van der Waals surface area contributed by atoms with E-state index in [2.05, 4.69) is 49.6 Å². The number of ether oxygens (including phenoxy) is 3. The average Bonchev–Trinajstić information content (AvgIpc) is 2.99. The largest absolute Gasteiger partial charge is 0.494 e. The van der Waals surface area contributed by atoms with Crippen LogP contribution < -0.4 is 30.2 Å². The van der Waals surface area contributed by atoms with E-state index in [9.17, 15) is 4.79 Å². The predicted molar refractivity (Wildman–Crippen MR) is 178 cm³/mol. The summed E-state index contributed by atoms with van der Waals surface area (Å²) in [6.07, 6.45) is 6.39. The number of benzene rings is 2. The van der Waals surface area contributed by atoms with Gasteiger partial charge in [0.2, 0.25) is 11.9 Å². The summed E-state index contributed by atoms with van der Waals surface area (Å²) in [7, 11) is 4.07. The van der Waals surface area contributed by atoms with Crippen LogP contribution in [0.4, 0.5) is 17.6 Å². The summed E-state index contributed by atoms with van der Waals surface area (Å²) in [6, 6.07) is 13.7. The summed E-state index contributed by atoms with van der Waals surface area (Å²) in [5.41, 5.74) is 2.15. The Hall–Kier alpha value is -4.12. The van der Waals surface area contributed by atoms with E-state index < -0.39 is 0 Å². The van der Waals surface area contributed by atoms with Crippen LogP contribution in [-0.2, 0) is 6.54 Å². The number of anilines is 3. The van der Waals surface area contributed by atoms with Crippen LogP contribution in [0.2, 0.25) is 0 Å². The Labute approximate surface area is 267 Å². The van der Waals surface area contributed by atoms with Gasteiger partial charge in [0.25, 0.3) is 5.91 Å². The van der Waals surface area contributed by atoms with Crippen LogP contribution in [0.5, 0.6) is 17.5 Å². The minimum absolute atomic E-state index is 0.0857. The highest BCUT2D eigenvalue weighted by molar-refractivity contribution is 5.97. The van der Waals surface area contributed by atoms with Crippen molar-refractivity contribution < 1.29 is 19.0 Å². The molecule has 0 unspecified atom stereocenters. The molecule has 0 atom stereocenters. The molecule has 0 spiro atoms. The fourth-order valence-corrected chi connectivity index (χ4v) is 5.22. The molecule has 0 radical (unpaired) electrons. The highest BCUT2D eigenvalue weighted by atomic mass is 16.5. The number of nitrogens with one attached hydrogen (secondary N) is 3. The summed E-state index contributed by atoms with van der Waals surface area (Å²) in [5, 5.41) is 9.63. The van der Waals surface area contributed by atoms with Crippen molar-refractivity contribution in [3.63, 3.8) is 0 Å². The maximum absolute atomic E-state index is 13.4. The first kappa shape index (κ1) is 33.8. The molecule has 3 N–H and O–H groups in total. The molecule has 11 nitrogen and oxygen atoms in total. The van der Waals surface area contributed by atoms with Crippen molar-refractivity contribution in [1.29, 1.82) is 0 Å². The first-order valence-electron chi connectivity index (χ1n) is 16.0. The van der Waals surface area contributed by atoms with Crippen LogP contribution in [0.15, 0.2) is 42.5 Å². The normalized spacial score (nSPS) is 14.8. The third-order valence-electron chi connectivity index (χ3n) is 7.28. The Morgan fingerprint density at radius 3 is 2.33 bits per heavy atom. The van der Waals surface area contributed by atoms with Gasteiger partial charge in [-0.25, -0.2) is 0 Å². The molecule has 3 heterocycles. The van der Waals surface area contributed by atoms with Gasteiger partial charge < -0.3 is 35.1 Å². The Balaban J connectivity index is 1.56. The van der Waals surface area contributed by atoms with Crippen molar-refractivity contribution in [1.82, 2.24) is 25.2 Å². The minimum Gasteiger partial charge on any atom is -0.494 e. The van der Waals surface area contributed by atoms with Crippen molar-refractivity contribution in [2.24, 2.45) is 5.41 Å². The molecular weight excluding hydrogens is 570 g/mol. The van der Waals surface area contributed by atoms with Gasteiger partial charge in [-0.3, -0.25) is 4.79 Å². The molecule has 6 bridgehead atoms. The quantitative estimate of drug-likeness (QED) is 0.288. The van der Waals surface area contributed by atoms with Gasteiger partial charge in [0.15, 0.2) is 0 Å². The number of hydrogen-bond donors (Lipinski definition) is 3. The number of hydrogen-bond acceptors (Lipinski definition) is 10. The zero-order chi connectivity index (χ0) is 32.1. The van der Waals surface area contributed by atoms with Gasteiger partial charge in [0.1, 0.15) is 11.5 Å². The number of carbonyl (C=O) groups is 1. The Morgan fingerprint density at radius 1 is 0.933 bits per heavy atom. The van der Waals surface area contributed by atoms with Crippen molar-refractivity contribution >= 4 is 23.5 Å². The first-order chi connectivity index (χ1) is 21.7. The van der Waals surface area contributed by atoms with Gasteiger partial charge in [0, 0.05) is 31.4 Å². The number of fused-ring (bicyclic) bond motifs is 12. The smallest absolute Gasteiger partial charge is 0.323 e. The van der Waals surface area contributed by atoms with Crippen molar-refractivity contribution in [2.45, 2.75) is 65.8 Å². The molecule has 0 aliphatic carbocycles. The lowest BCUT2D eigenvalue weighted by Gasteiger charge is -2.28. The first-order valence-corrected chi connectivity index (χ1v) is 16.0. The lowest BCUT2D eigenvalue weighted by atomic mass is 9.93. The summed E-state index contributed by atoms with van der Waals surface area (Å²) in [5.74, 6) is 1.90. The lowest BCUT2D eigenvalue weighted by Crippen LogP contribution is -2.40. The standard InChI is InChI=1S/C34H49N7O4/c1-6-43-33-39-31-35-22-25-13-16-27(17-14-25)44-19-11-9-7-8-10-12-20-45-29-21-26(37-32(38-31)40-33)15-18-28(29)30(42)36-23-34(2,3)24-41(4)5/h13-18,21H,6-12,19-20,22-24H2,1-5H3,(H,36,42)(H2,35,37,38,39,40). The van der Waals surface area contributed by atoms with E-state index in [0.717, 1.165) is 56.4 Å². The minimum atomic E-state index is -0.166. The summed E-state index contributed by atoms with van der Waals surface area (Å²) < 4.78 is 17.8. The van der Waals surface area contributed by atoms with E-state index in [-0.39, 0.29) is 17.3 Å². The van der Waals surface area contributed by atoms with E-state index >= 15 is 0 Å². The molecule has 3 aromatic rings. The van der Waals surface area contributed by atoms with Gasteiger partial charge >= 0.3 is 6.01 Å². The fraction of sp³-hybridized carbons (Fsp3) is 0.529. The molecule has 1 amide bonds. The van der Waals surface area contributed by atoms with Crippen molar-refractivity contribution in [3.05, 3.63) is 53.6 Å². The predicted octanol–water partition coefficient (Wildman–Crippen LogP) is 6.06. The van der Waals surface area contributed by atoms with Crippen molar-refractivity contribution in [2.75, 3.05) is 57.6 Å². The van der Waals surface area contributed by atoms with Crippen LogP contribution in [0.1, 0.15) is 75.2 Å². The lowest BCUT2D eigenvalue weighted by molar-refractivity contribution is 0.0925. The summed E-state index contributed by atoms with van der Waals surface area (Å²) in [4.78, 5) is 28.9. The van der Waals surface area contributed by atoms with Gasteiger partial charge in [-0.15, -0.1) is 0 Å². The second kappa shape index (κ2) is 16.8. The molecule has 5 rings (SSSR count). The molecular formula is C34H49N7O4. The zero-order valence-electron chi connectivity index (χ0n) is 27.4. The second-order valence-corrected chi connectivity index (χ2v) is 12.4. The highest BCUT2D eigenvalue weighted by Crippen LogP contribution is 2.27. The Kier molecular flexibility index (Phi) is 12.6. The maximum atomic E-state index is 13.4. The molecule has 0 fully saturated rings. The number of carbonyl (C=O) groups excluding carboxylic acids is 1. The van der Waals surface area contributed by atoms with Crippen molar-refractivity contribution in [3.8, 4) is 17.5 Å². The fourth-order valence-electron chi connectivity index (χ4n) is 5.22. The SMILES string of the molecule is CCOc1nc2nc(n1)Nc1ccc(C(=O)NCC(C)(C)CN(C)C)c(c1)OCCCCCCCCOc1ccc(cc1)CN2. The molecule has 2 aromatic carbocycles. The van der Waals surface area contributed by atoms with E-state index in [0.29, 0.717) is 61.8 Å². The number of nitrogens with zero attached hydrogens (tertiary/aromatic N) is 4. The molecule has 2 aliphatic rings. The zero-order valence-corrected chi connectivity index (χ0v) is 27.4. The van der Waals surface area contributed by atoms with Gasteiger partial charge in [0.05, 0.1) is 25.4 Å². The third-order valence-corrected chi connectivity index (χ3v) is 7.28. The summed E-state index contributed by atoms with van der Waals surface area (Å²) in [6.45, 7) is 9.71. The van der Waals surface area contributed by atoms with Gasteiger partial charge in [-0.2, -0.15) is 15.0 Å². The highest BCUT2D eigenvalue weighted by Gasteiger charge is 2.22. The topological polar surface area (TPSA) is 123 Å². The molecule has 11 heteroatoms. The number of amides is 1. The average molecular weight is 620 g/mol. The van der Waals surface area contributed by atoms with E-state index in [4.69, 9.17) is 14.2 Å². The maximum Gasteiger partial charge on any atom is 0.323 e. The third kappa shape index (κ3) is 11.4. The molecule has 2 aliphatic heterocycles. The van der Waals surface area contributed by atoms with E-state index in [1.165, 1.54) is 0 Å². The molecule has 0 saturated carbocycles. The molecule has 0 saturated heterocycles. The number of rotatable bonds is 7. The van der Waals surface area contributed by atoms with Crippen LogP contribution in [-0.4, -0.2) is 72.8 Å². The van der Waals surface area contributed by atoms with Crippen LogP contribution in [0.3, 0.4) is 0 Å². The molecule has 244 valence electrons. The van der Waals surface area contributed by atoms with Crippen LogP contribution >= 0.6 is 0 Å². The number of aromatic nitrogens is 3. The molecule has 1 aromatic heterocycles. The van der Waals surface area contributed by atoms with Gasteiger partial charge in [-0.05, 0) is 69.1 Å².